The second kappa shape index (κ2) is 14.0. The maximum absolute atomic E-state index is 13.0. The van der Waals surface area contributed by atoms with Gasteiger partial charge in [-0.1, -0.05) is 47.2 Å². The average Bonchev–Trinajstić information content (AvgIpc) is 3.37. The molecule has 2 aromatic carbocycles. The molecule has 0 atom stereocenters. The molecule has 2 fully saturated rings. The molecule has 2 amide bonds. The number of carbonyl (C=O) groups excluding carboxylic acids is 2. The largest absolute Gasteiger partial charge is 0.509 e. The van der Waals surface area contributed by atoms with Crippen LogP contribution in [0.1, 0.15) is 70.2 Å². The van der Waals surface area contributed by atoms with E-state index in [1.54, 1.807) is 0 Å². The molecule has 2 aromatic rings. The number of ether oxygens (including phenoxy) is 1. The van der Waals surface area contributed by atoms with Crippen LogP contribution in [0.15, 0.2) is 35.8 Å². The zero-order chi connectivity index (χ0) is 33.4. The topological polar surface area (TPSA) is 87.7 Å². The van der Waals surface area contributed by atoms with Gasteiger partial charge in [-0.05, 0) is 142 Å². The Morgan fingerprint density at radius 2 is 1.13 bits per heavy atom. The van der Waals surface area contributed by atoms with Crippen molar-refractivity contribution in [2.75, 3.05) is 29.3 Å². The lowest BCUT2D eigenvalue weighted by Crippen LogP contribution is -2.48. The quantitative estimate of drug-likeness (QED) is 0.282. The highest BCUT2D eigenvalue weighted by Gasteiger charge is 2.49. The number of benzene rings is 2. The van der Waals surface area contributed by atoms with Gasteiger partial charge in [0.05, 0.1) is 16.7 Å². The van der Waals surface area contributed by atoms with Gasteiger partial charge in [0.15, 0.2) is 0 Å². The fourth-order valence-corrected chi connectivity index (χ4v) is 10.0. The number of rotatable bonds is 3. The van der Waals surface area contributed by atoms with Gasteiger partial charge in [0.2, 0.25) is 4.38 Å². The highest BCUT2D eigenvalue weighted by Crippen LogP contribution is 2.45. The number of carbonyl (C=O) groups is 2. The Kier molecular flexibility index (Phi) is 10.6. The Hall–Kier alpha value is -2.40. The predicted octanol–water partition coefficient (Wildman–Crippen LogP) is 7.66. The molecule has 4 heterocycles. The Morgan fingerprint density at radius 3 is 1.59 bits per heavy atom. The van der Waals surface area contributed by atoms with Crippen molar-refractivity contribution in [1.29, 1.82) is 0 Å². The lowest BCUT2D eigenvalue weighted by atomic mass is 9.87. The lowest BCUT2D eigenvalue weighted by molar-refractivity contribution is -0.117. The smallest absolute Gasteiger partial charge is 0.256 e. The number of thiocarbonyl (C=S) groups is 1. The molecular weight excluding hydrogens is 653 g/mol. The van der Waals surface area contributed by atoms with Crippen molar-refractivity contribution in [1.82, 2.24) is 10.6 Å². The summed E-state index contributed by atoms with van der Waals surface area (Å²) in [5, 5.41) is 17.1. The van der Waals surface area contributed by atoms with Crippen LogP contribution in [-0.2, 0) is 14.3 Å². The van der Waals surface area contributed by atoms with Crippen molar-refractivity contribution in [3.63, 3.8) is 0 Å². The normalized spacial score (nSPS) is 20.1. The zero-order valence-corrected chi connectivity index (χ0v) is 31.0. The molecule has 0 bridgehead atoms. The average molecular weight is 697 g/mol. The molecule has 2 spiro atoms. The first-order valence-electron chi connectivity index (χ1n) is 15.7. The van der Waals surface area contributed by atoms with Crippen LogP contribution in [0.5, 0.6) is 0 Å². The van der Waals surface area contributed by atoms with E-state index in [1.807, 2.05) is 50.6 Å². The molecule has 4 aliphatic heterocycles. The van der Waals surface area contributed by atoms with E-state index < -0.39 is 11.1 Å². The molecule has 6 nitrogen and oxygen atoms in total. The fourth-order valence-electron chi connectivity index (χ4n) is 7.40. The first kappa shape index (κ1) is 34.9. The third kappa shape index (κ3) is 6.64. The minimum atomic E-state index is -0.526. The summed E-state index contributed by atoms with van der Waals surface area (Å²) in [5.41, 5.74) is 8.75. The molecular formula is C36H44N2O4S4. The summed E-state index contributed by atoms with van der Waals surface area (Å²) in [7, 11) is 0. The lowest BCUT2D eigenvalue weighted by Gasteiger charge is -2.35. The van der Waals surface area contributed by atoms with Crippen molar-refractivity contribution in [3.8, 4) is 0 Å². The third-order valence-electron chi connectivity index (χ3n) is 9.41. The second-order valence-corrected chi connectivity index (χ2v) is 16.7. The number of nitrogens with one attached hydrogen (secondary N) is 2. The summed E-state index contributed by atoms with van der Waals surface area (Å²) in [6, 6.07) is 8.37. The van der Waals surface area contributed by atoms with E-state index >= 15 is 0 Å². The van der Waals surface area contributed by atoms with Gasteiger partial charge in [0.1, 0.15) is 17.1 Å². The number of aliphatic hydroxyl groups is 1. The van der Waals surface area contributed by atoms with E-state index in [0.29, 0.717) is 15.5 Å². The maximum Gasteiger partial charge on any atom is 0.256 e. The molecule has 2 saturated heterocycles. The van der Waals surface area contributed by atoms with Crippen molar-refractivity contribution in [2.24, 2.45) is 0 Å². The van der Waals surface area contributed by atoms with Crippen LogP contribution in [0, 0.1) is 41.5 Å². The molecule has 10 heteroatoms. The van der Waals surface area contributed by atoms with E-state index in [2.05, 4.69) is 55.7 Å². The van der Waals surface area contributed by atoms with Gasteiger partial charge in [0, 0.05) is 0 Å². The van der Waals surface area contributed by atoms with Crippen LogP contribution >= 0.6 is 47.5 Å². The summed E-state index contributed by atoms with van der Waals surface area (Å²) < 4.78 is 6.57. The fraction of sp³-hybridized carbons (Fsp3) is 0.472. The molecule has 0 saturated carbocycles. The second-order valence-electron chi connectivity index (χ2n) is 12.8. The van der Waals surface area contributed by atoms with Crippen molar-refractivity contribution in [3.05, 3.63) is 80.3 Å². The summed E-state index contributed by atoms with van der Waals surface area (Å²) in [6.45, 7) is 12.2. The SMILES string of the molecule is CSC(=S)OC1=C(c2c(C)cc(C)cc2C)C(=O)NC12CCSCC2.Cc1cc(C)c(C2=C(O)C3(CCSCC3)NC2=O)c(C)c1. The Labute approximate surface area is 291 Å². The molecule has 3 N–H and O–H groups in total. The highest BCUT2D eigenvalue weighted by atomic mass is 32.2. The molecule has 0 unspecified atom stereocenters. The van der Waals surface area contributed by atoms with Crippen molar-refractivity contribution >= 4 is 74.8 Å². The number of thioether (sulfide) groups is 3. The number of aryl methyl sites for hydroxylation is 6. The van der Waals surface area contributed by atoms with Gasteiger partial charge in [0.25, 0.3) is 11.8 Å². The van der Waals surface area contributed by atoms with Crippen LogP contribution in [0.25, 0.3) is 11.1 Å². The number of aliphatic hydroxyl groups excluding tert-OH is 1. The molecule has 6 rings (SSSR count). The van der Waals surface area contributed by atoms with E-state index in [9.17, 15) is 14.7 Å². The minimum absolute atomic E-state index is 0.0409. The summed E-state index contributed by atoms with van der Waals surface area (Å²) in [6.07, 6.45) is 5.27. The monoisotopic (exact) mass is 696 g/mol. The van der Waals surface area contributed by atoms with E-state index in [-0.39, 0.29) is 17.6 Å². The van der Waals surface area contributed by atoms with Gasteiger partial charge in [-0.2, -0.15) is 23.5 Å². The van der Waals surface area contributed by atoms with Gasteiger partial charge < -0.3 is 20.5 Å². The summed E-state index contributed by atoms with van der Waals surface area (Å²) in [5.74, 6) is 4.79. The number of hydrogen-bond donors (Lipinski definition) is 3. The van der Waals surface area contributed by atoms with Gasteiger partial charge in [-0.3, -0.25) is 9.59 Å². The van der Waals surface area contributed by atoms with Crippen molar-refractivity contribution in [2.45, 2.75) is 78.3 Å². The summed E-state index contributed by atoms with van der Waals surface area (Å²) in [4.78, 5) is 25.5. The predicted molar refractivity (Wildman–Crippen MR) is 200 cm³/mol. The molecule has 0 radical (unpaired) electrons. The van der Waals surface area contributed by atoms with Gasteiger partial charge in [-0.25, -0.2) is 0 Å². The Bertz CT molecular complexity index is 1600. The minimum Gasteiger partial charge on any atom is -0.509 e. The van der Waals surface area contributed by atoms with E-state index in [4.69, 9.17) is 17.0 Å². The first-order valence-corrected chi connectivity index (χ1v) is 19.7. The van der Waals surface area contributed by atoms with E-state index in [1.165, 1.54) is 22.9 Å². The number of amides is 2. The van der Waals surface area contributed by atoms with Crippen LogP contribution < -0.4 is 10.6 Å². The third-order valence-corrected chi connectivity index (χ3v) is 12.4. The zero-order valence-electron chi connectivity index (χ0n) is 27.8. The Balaban J connectivity index is 0.000000184. The van der Waals surface area contributed by atoms with Crippen LogP contribution in [0.3, 0.4) is 0 Å². The summed E-state index contributed by atoms with van der Waals surface area (Å²) >= 11 is 10.5. The molecule has 46 heavy (non-hydrogen) atoms. The van der Waals surface area contributed by atoms with Crippen molar-refractivity contribution < 1.29 is 19.4 Å². The highest BCUT2D eigenvalue weighted by molar-refractivity contribution is 8.22. The molecule has 4 aliphatic rings. The molecule has 246 valence electrons. The van der Waals surface area contributed by atoms with Gasteiger partial charge in [-0.15, -0.1) is 0 Å². The standard InChI is InChI=1S/C19H23NO2S3.C17H21NO2S/c1-11-9-12(2)14(13(3)10-11)15-16(22-18(23)24-4)19(20-17(15)21)5-7-25-8-6-19;1-10-8-11(2)13(12(3)9-10)14-15(19)17(18-16(14)20)4-6-21-7-5-17/h9-10H,5-8H2,1-4H3,(H,20,21);8-9,19H,4-7H2,1-3H3,(H,18,20). The Morgan fingerprint density at radius 1 is 0.739 bits per heavy atom. The molecule has 0 aliphatic carbocycles. The van der Waals surface area contributed by atoms with Crippen LogP contribution in [-0.4, -0.2) is 61.6 Å². The van der Waals surface area contributed by atoms with E-state index in [0.717, 1.165) is 87.8 Å². The maximum atomic E-state index is 13.0. The first-order chi connectivity index (χ1) is 21.8. The van der Waals surface area contributed by atoms with Crippen LogP contribution in [0.2, 0.25) is 0 Å². The van der Waals surface area contributed by atoms with Gasteiger partial charge >= 0.3 is 0 Å². The molecule has 0 aromatic heterocycles. The number of hydrogen-bond acceptors (Lipinski definition) is 8. The van der Waals surface area contributed by atoms with Crippen LogP contribution in [0.4, 0.5) is 0 Å².